The quantitative estimate of drug-likeness (QED) is 0.532. The van der Waals surface area contributed by atoms with E-state index in [-0.39, 0.29) is 37.3 Å². The molecule has 0 bridgehead atoms. The Hall–Kier alpha value is -3.02. The van der Waals surface area contributed by atoms with Crippen molar-refractivity contribution in [2.75, 3.05) is 18.8 Å². The van der Waals surface area contributed by atoms with E-state index >= 15 is 0 Å². The van der Waals surface area contributed by atoms with Gasteiger partial charge < -0.3 is 25.5 Å². The highest BCUT2D eigenvalue weighted by Crippen LogP contribution is 2.40. The molecule has 1 saturated carbocycles. The first kappa shape index (κ1) is 22.2. The number of nitrogens with zero attached hydrogens (tertiary/aromatic N) is 6. The summed E-state index contributed by atoms with van der Waals surface area (Å²) in [5, 5.41) is 28.9. The minimum absolute atomic E-state index is 0.0341. The van der Waals surface area contributed by atoms with E-state index in [0.717, 1.165) is 18.5 Å². The molecule has 174 valence electrons. The van der Waals surface area contributed by atoms with Gasteiger partial charge in [-0.1, -0.05) is 31.1 Å². The maximum Gasteiger partial charge on any atom is 0.312 e. The van der Waals surface area contributed by atoms with Crippen molar-refractivity contribution in [3.8, 4) is 0 Å². The Labute approximate surface area is 185 Å². The van der Waals surface area contributed by atoms with Gasteiger partial charge in [0.15, 0.2) is 0 Å². The fourth-order valence-corrected chi connectivity index (χ4v) is 4.10. The van der Waals surface area contributed by atoms with Gasteiger partial charge in [0.1, 0.15) is 12.1 Å². The number of hydrogen-bond acceptors (Lipinski definition) is 9. The molecule has 12 heteroatoms. The molecule has 0 unspecified atom stereocenters. The number of likely N-dealkylation sites (tertiary alicyclic amines) is 1. The van der Waals surface area contributed by atoms with Crippen molar-refractivity contribution in [2.45, 2.75) is 70.6 Å². The highest BCUT2D eigenvalue weighted by Gasteiger charge is 2.45. The normalized spacial score (nSPS) is 22.2. The fourth-order valence-electron chi connectivity index (χ4n) is 4.10. The molecule has 2 fully saturated rings. The highest BCUT2D eigenvalue weighted by molar-refractivity contribution is 5.90. The molecule has 1 saturated heterocycles. The van der Waals surface area contributed by atoms with Gasteiger partial charge in [0.05, 0.1) is 11.8 Å². The molecular formula is C20H30N8O4. The van der Waals surface area contributed by atoms with Gasteiger partial charge in [-0.05, 0) is 18.3 Å². The maximum atomic E-state index is 13.6. The van der Waals surface area contributed by atoms with Gasteiger partial charge in [-0.3, -0.25) is 9.59 Å². The lowest BCUT2D eigenvalue weighted by Gasteiger charge is -2.34. The number of β-amino-alcohol motifs (C(OH)–C–C–N with tert-alkyl or cyclic N) is 1. The van der Waals surface area contributed by atoms with Crippen molar-refractivity contribution >= 4 is 17.8 Å². The standard InChI is InChI=1S/C20H30N8O4/c1-20(2,3)16(28-10-13(23-26-28)11-4-5-11)18(31)27-9-12(29)8-14(27)17(30)22-7-6-15-24-25-19(21)32-15/h10-12,14,16,29H,4-9H2,1-3H3,(H2,21,25)(H,22,30)/t12-,14+,16-/m1/s1. The largest absolute Gasteiger partial charge is 0.408 e. The number of nitrogens with one attached hydrogen (secondary N) is 1. The van der Waals surface area contributed by atoms with Crippen LogP contribution in [0.15, 0.2) is 10.6 Å². The van der Waals surface area contributed by atoms with Crippen LogP contribution in [0.25, 0.3) is 0 Å². The molecule has 4 N–H and O–H groups in total. The van der Waals surface area contributed by atoms with Gasteiger partial charge >= 0.3 is 6.01 Å². The molecule has 0 spiro atoms. The van der Waals surface area contributed by atoms with Gasteiger partial charge in [0, 0.05) is 38.0 Å². The average Bonchev–Trinajstić information content (AvgIpc) is 3.10. The zero-order valence-corrected chi connectivity index (χ0v) is 18.6. The SMILES string of the molecule is CC(C)(C)[C@@H](C(=O)N1C[C@H](O)C[C@H]1C(=O)NCCc1nnc(N)o1)n1cc(C2CC2)nn1. The number of hydrogen-bond donors (Lipinski definition) is 3. The summed E-state index contributed by atoms with van der Waals surface area (Å²) in [7, 11) is 0. The van der Waals surface area contributed by atoms with Crippen molar-refractivity contribution in [2.24, 2.45) is 5.41 Å². The molecule has 1 aliphatic heterocycles. The second-order valence-corrected chi connectivity index (χ2v) is 9.64. The van der Waals surface area contributed by atoms with Crippen LogP contribution in [-0.2, 0) is 16.0 Å². The lowest BCUT2D eigenvalue weighted by Crippen LogP contribution is -2.50. The molecule has 3 heterocycles. The summed E-state index contributed by atoms with van der Waals surface area (Å²) in [5.74, 6) is 0.131. The van der Waals surface area contributed by atoms with Gasteiger partial charge in [0.2, 0.25) is 17.7 Å². The van der Waals surface area contributed by atoms with Crippen LogP contribution in [0.1, 0.15) is 63.6 Å². The molecule has 2 aromatic heterocycles. The van der Waals surface area contributed by atoms with Crippen LogP contribution in [0.5, 0.6) is 0 Å². The lowest BCUT2D eigenvalue weighted by atomic mass is 9.85. The molecule has 0 aromatic carbocycles. The summed E-state index contributed by atoms with van der Waals surface area (Å²) in [6.45, 7) is 6.18. The van der Waals surface area contributed by atoms with Gasteiger partial charge in [-0.15, -0.1) is 10.2 Å². The summed E-state index contributed by atoms with van der Waals surface area (Å²) in [6.07, 6.45) is 3.72. The Morgan fingerprint density at radius 1 is 1.31 bits per heavy atom. The third-order valence-electron chi connectivity index (χ3n) is 5.83. The molecule has 2 amide bonds. The number of carbonyl (C=O) groups excluding carboxylic acids is 2. The summed E-state index contributed by atoms with van der Waals surface area (Å²) >= 11 is 0. The fraction of sp³-hybridized carbons (Fsp3) is 0.700. The maximum absolute atomic E-state index is 13.6. The molecule has 12 nitrogen and oxygen atoms in total. The molecule has 4 rings (SSSR count). The Bertz CT molecular complexity index is 976. The predicted molar refractivity (Wildman–Crippen MR) is 112 cm³/mol. The summed E-state index contributed by atoms with van der Waals surface area (Å²) in [6, 6.07) is -1.46. The number of aliphatic hydroxyl groups excluding tert-OH is 1. The Morgan fingerprint density at radius 3 is 2.69 bits per heavy atom. The second-order valence-electron chi connectivity index (χ2n) is 9.64. The first-order valence-electron chi connectivity index (χ1n) is 10.9. The van der Waals surface area contributed by atoms with E-state index < -0.39 is 23.6 Å². The van der Waals surface area contributed by atoms with E-state index in [4.69, 9.17) is 10.2 Å². The molecule has 0 radical (unpaired) electrons. The van der Waals surface area contributed by atoms with Crippen molar-refractivity contribution in [1.29, 1.82) is 0 Å². The minimum atomic E-state index is -0.776. The first-order chi connectivity index (χ1) is 15.1. The Morgan fingerprint density at radius 2 is 2.06 bits per heavy atom. The zero-order valence-electron chi connectivity index (χ0n) is 18.6. The minimum Gasteiger partial charge on any atom is -0.408 e. The number of nitrogen functional groups attached to an aromatic ring is 1. The molecule has 2 aromatic rings. The van der Waals surface area contributed by atoms with Crippen LogP contribution < -0.4 is 11.1 Å². The molecule has 32 heavy (non-hydrogen) atoms. The number of rotatable bonds is 7. The van der Waals surface area contributed by atoms with E-state index in [9.17, 15) is 14.7 Å². The Balaban J connectivity index is 1.46. The number of aliphatic hydroxyl groups is 1. The number of nitrogens with two attached hydrogens (primary N) is 1. The van der Waals surface area contributed by atoms with Crippen LogP contribution in [-0.4, -0.2) is 72.2 Å². The van der Waals surface area contributed by atoms with E-state index in [0.29, 0.717) is 18.2 Å². The van der Waals surface area contributed by atoms with E-state index in [1.165, 1.54) is 4.90 Å². The summed E-state index contributed by atoms with van der Waals surface area (Å²) in [4.78, 5) is 28.0. The van der Waals surface area contributed by atoms with Crippen LogP contribution in [0.4, 0.5) is 6.01 Å². The van der Waals surface area contributed by atoms with Crippen LogP contribution in [0.2, 0.25) is 0 Å². The van der Waals surface area contributed by atoms with Crippen LogP contribution in [0.3, 0.4) is 0 Å². The third kappa shape index (κ3) is 4.74. The first-order valence-corrected chi connectivity index (χ1v) is 10.9. The topological polar surface area (TPSA) is 165 Å². The highest BCUT2D eigenvalue weighted by atomic mass is 16.4. The zero-order chi connectivity index (χ0) is 23.0. The average molecular weight is 447 g/mol. The van der Waals surface area contributed by atoms with Crippen molar-refractivity contribution < 1.29 is 19.1 Å². The smallest absolute Gasteiger partial charge is 0.312 e. The van der Waals surface area contributed by atoms with Crippen LogP contribution >= 0.6 is 0 Å². The van der Waals surface area contributed by atoms with Crippen molar-refractivity contribution in [1.82, 2.24) is 35.4 Å². The molecule has 1 aliphatic carbocycles. The number of carbonyl (C=O) groups is 2. The Kier molecular flexibility index (Phi) is 5.89. The van der Waals surface area contributed by atoms with Gasteiger partial charge in [-0.25, -0.2) is 4.68 Å². The van der Waals surface area contributed by atoms with Crippen molar-refractivity contribution in [3.05, 3.63) is 17.8 Å². The lowest BCUT2D eigenvalue weighted by molar-refractivity contribution is -0.144. The third-order valence-corrected chi connectivity index (χ3v) is 5.83. The number of amides is 2. The molecular weight excluding hydrogens is 416 g/mol. The van der Waals surface area contributed by atoms with E-state index in [2.05, 4.69) is 25.8 Å². The van der Waals surface area contributed by atoms with Gasteiger partial charge in [-0.2, -0.15) is 0 Å². The number of aromatic nitrogens is 5. The summed E-state index contributed by atoms with van der Waals surface area (Å²) in [5.41, 5.74) is 5.82. The predicted octanol–water partition coefficient (Wildman–Crippen LogP) is 0.0286. The molecule has 2 aliphatic rings. The van der Waals surface area contributed by atoms with E-state index in [1.54, 1.807) is 4.68 Å². The number of anilines is 1. The molecule has 3 atom stereocenters. The summed E-state index contributed by atoms with van der Waals surface area (Å²) < 4.78 is 6.70. The van der Waals surface area contributed by atoms with Crippen LogP contribution in [0, 0.1) is 5.41 Å². The van der Waals surface area contributed by atoms with Crippen molar-refractivity contribution in [3.63, 3.8) is 0 Å². The van der Waals surface area contributed by atoms with Gasteiger partial charge in [0.25, 0.3) is 0 Å². The second kappa shape index (κ2) is 8.49. The monoisotopic (exact) mass is 446 g/mol. The van der Waals surface area contributed by atoms with E-state index in [1.807, 2.05) is 27.0 Å².